The second-order valence-electron chi connectivity index (χ2n) is 5.65. The monoisotopic (exact) mass is 306 g/mol. The van der Waals surface area contributed by atoms with E-state index in [0.29, 0.717) is 12.8 Å². The summed E-state index contributed by atoms with van der Waals surface area (Å²) in [6.45, 7) is 2.00. The van der Waals surface area contributed by atoms with Gasteiger partial charge >= 0.3 is 5.97 Å². The number of aliphatic carboxylic acids is 1. The Morgan fingerprint density at radius 1 is 1.36 bits per heavy atom. The standard InChI is InChI=1S/C18H26O4/c1-2-16-14(11-13-17(16)20)10-12-15(19)8-6-4-3-5-7-9-18(21)22/h4,6,10-16,19H,2-3,5,7-9H2,1H3,(H,21,22)/b6-4-,12-10+/t14-,15+,16-/m0/s1. The first-order valence-corrected chi connectivity index (χ1v) is 7.99. The van der Waals surface area contributed by atoms with Crippen LogP contribution in [-0.2, 0) is 9.59 Å². The van der Waals surface area contributed by atoms with E-state index >= 15 is 0 Å². The first kappa shape index (κ1) is 18.4. The number of ketones is 1. The maximum absolute atomic E-state index is 11.6. The molecule has 22 heavy (non-hydrogen) atoms. The highest BCUT2D eigenvalue weighted by Crippen LogP contribution is 2.26. The molecule has 0 aliphatic heterocycles. The van der Waals surface area contributed by atoms with Crippen LogP contribution in [0.5, 0.6) is 0 Å². The van der Waals surface area contributed by atoms with Crippen molar-refractivity contribution in [3.8, 4) is 0 Å². The van der Waals surface area contributed by atoms with Gasteiger partial charge in [0.05, 0.1) is 6.10 Å². The predicted octanol–water partition coefficient (Wildman–Crippen LogP) is 3.28. The minimum atomic E-state index is -0.755. The Hall–Kier alpha value is -1.68. The molecule has 0 radical (unpaired) electrons. The molecular weight excluding hydrogens is 280 g/mol. The first-order valence-electron chi connectivity index (χ1n) is 7.99. The topological polar surface area (TPSA) is 74.6 Å². The average Bonchev–Trinajstić information content (AvgIpc) is 2.83. The van der Waals surface area contributed by atoms with E-state index in [-0.39, 0.29) is 24.0 Å². The number of carboxylic acids is 1. The highest BCUT2D eigenvalue weighted by molar-refractivity contribution is 5.94. The van der Waals surface area contributed by atoms with Crippen molar-refractivity contribution >= 4 is 11.8 Å². The lowest BCUT2D eigenvalue weighted by Crippen LogP contribution is -2.13. The van der Waals surface area contributed by atoms with Gasteiger partial charge in [0.2, 0.25) is 0 Å². The van der Waals surface area contributed by atoms with Crippen LogP contribution in [0, 0.1) is 11.8 Å². The zero-order valence-corrected chi connectivity index (χ0v) is 13.1. The molecule has 0 unspecified atom stereocenters. The molecule has 0 amide bonds. The Kier molecular flexibility index (Phi) is 8.44. The lowest BCUT2D eigenvalue weighted by atomic mass is 9.91. The van der Waals surface area contributed by atoms with E-state index in [1.165, 1.54) is 0 Å². The summed E-state index contributed by atoms with van der Waals surface area (Å²) in [4.78, 5) is 21.9. The zero-order valence-electron chi connectivity index (χ0n) is 13.1. The van der Waals surface area contributed by atoms with Crippen LogP contribution in [0.25, 0.3) is 0 Å². The summed E-state index contributed by atoms with van der Waals surface area (Å²) < 4.78 is 0. The number of aliphatic hydroxyl groups is 1. The molecule has 1 aliphatic carbocycles. The maximum Gasteiger partial charge on any atom is 0.303 e. The van der Waals surface area contributed by atoms with Gasteiger partial charge in [-0.15, -0.1) is 0 Å². The number of carboxylic acid groups (broad SMARTS) is 1. The normalized spacial score (nSPS) is 22.9. The van der Waals surface area contributed by atoms with Crippen molar-refractivity contribution in [2.24, 2.45) is 11.8 Å². The summed E-state index contributed by atoms with van der Waals surface area (Å²) in [6, 6.07) is 0. The van der Waals surface area contributed by atoms with Gasteiger partial charge in [0, 0.05) is 18.3 Å². The maximum atomic E-state index is 11.6. The highest BCUT2D eigenvalue weighted by atomic mass is 16.4. The fourth-order valence-electron chi connectivity index (χ4n) is 2.55. The lowest BCUT2D eigenvalue weighted by Gasteiger charge is -2.12. The summed E-state index contributed by atoms with van der Waals surface area (Å²) >= 11 is 0. The largest absolute Gasteiger partial charge is 0.481 e. The number of carbonyl (C=O) groups excluding carboxylic acids is 1. The van der Waals surface area contributed by atoms with Crippen LogP contribution in [0.15, 0.2) is 36.5 Å². The van der Waals surface area contributed by atoms with E-state index in [9.17, 15) is 14.7 Å². The minimum Gasteiger partial charge on any atom is -0.481 e. The van der Waals surface area contributed by atoms with E-state index < -0.39 is 12.1 Å². The third kappa shape index (κ3) is 6.85. The Bertz CT molecular complexity index is 448. The average molecular weight is 306 g/mol. The van der Waals surface area contributed by atoms with Gasteiger partial charge in [-0.2, -0.15) is 0 Å². The van der Waals surface area contributed by atoms with Gasteiger partial charge in [-0.05, 0) is 38.2 Å². The van der Waals surface area contributed by atoms with Crippen molar-refractivity contribution in [3.05, 3.63) is 36.5 Å². The minimum absolute atomic E-state index is 0.0215. The van der Waals surface area contributed by atoms with Gasteiger partial charge in [-0.1, -0.05) is 37.3 Å². The van der Waals surface area contributed by atoms with E-state index in [0.717, 1.165) is 19.3 Å². The zero-order chi connectivity index (χ0) is 16.4. The molecule has 0 heterocycles. The number of aliphatic hydroxyl groups excluding tert-OH is 1. The molecule has 1 rings (SSSR count). The molecule has 3 atom stereocenters. The van der Waals surface area contributed by atoms with Crippen molar-refractivity contribution in [2.75, 3.05) is 0 Å². The van der Waals surface area contributed by atoms with E-state index in [1.54, 1.807) is 12.2 Å². The molecule has 0 aromatic heterocycles. The summed E-state index contributed by atoms with van der Waals surface area (Å²) in [7, 11) is 0. The Labute approximate surface area is 132 Å². The molecule has 0 fully saturated rings. The van der Waals surface area contributed by atoms with Crippen molar-refractivity contribution in [2.45, 2.75) is 51.6 Å². The predicted molar refractivity (Wildman–Crippen MR) is 86.4 cm³/mol. The summed E-state index contributed by atoms with van der Waals surface area (Å²) in [5, 5.41) is 18.4. The molecule has 2 N–H and O–H groups in total. The Morgan fingerprint density at radius 2 is 2.14 bits per heavy atom. The van der Waals surface area contributed by atoms with Gasteiger partial charge in [-0.25, -0.2) is 0 Å². The summed E-state index contributed by atoms with van der Waals surface area (Å²) in [5.74, 6) is -0.456. The van der Waals surface area contributed by atoms with Crippen molar-refractivity contribution < 1.29 is 19.8 Å². The highest BCUT2D eigenvalue weighted by Gasteiger charge is 2.26. The third-order valence-electron chi connectivity index (χ3n) is 3.86. The fourth-order valence-corrected chi connectivity index (χ4v) is 2.55. The number of unbranched alkanes of at least 4 members (excludes halogenated alkanes) is 2. The van der Waals surface area contributed by atoms with Crippen LogP contribution in [-0.4, -0.2) is 28.1 Å². The van der Waals surface area contributed by atoms with Crippen LogP contribution in [0.1, 0.15) is 45.4 Å². The Morgan fingerprint density at radius 3 is 2.82 bits per heavy atom. The second-order valence-corrected chi connectivity index (χ2v) is 5.65. The molecular formula is C18H26O4. The van der Waals surface area contributed by atoms with Gasteiger partial charge in [0.25, 0.3) is 0 Å². The second kappa shape index (κ2) is 10.1. The molecule has 122 valence electrons. The van der Waals surface area contributed by atoms with Crippen molar-refractivity contribution in [3.63, 3.8) is 0 Å². The third-order valence-corrected chi connectivity index (χ3v) is 3.86. The molecule has 0 saturated carbocycles. The van der Waals surface area contributed by atoms with Gasteiger partial charge < -0.3 is 10.2 Å². The van der Waals surface area contributed by atoms with Crippen LogP contribution >= 0.6 is 0 Å². The lowest BCUT2D eigenvalue weighted by molar-refractivity contribution is -0.137. The van der Waals surface area contributed by atoms with Gasteiger partial charge in [0.15, 0.2) is 5.78 Å². The number of carbonyl (C=O) groups is 2. The molecule has 4 heteroatoms. The van der Waals surface area contributed by atoms with E-state index in [2.05, 4.69) is 0 Å². The van der Waals surface area contributed by atoms with Crippen LogP contribution < -0.4 is 0 Å². The molecule has 0 saturated heterocycles. The quantitative estimate of drug-likeness (QED) is 0.480. The van der Waals surface area contributed by atoms with E-state index in [4.69, 9.17) is 5.11 Å². The van der Waals surface area contributed by atoms with Crippen LogP contribution in [0.4, 0.5) is 0 Å². The molecule has 0 bridgehead atoms. The molecule has 0 aromatic carbocycles. The molecule has 1 aliphatic rings. The number of allylic oxidation sites excluding steroid dienone is 4. The molecule has 0 spiro atoms. The fraction of sp³-hybridized carbons (Fsp3) is 0.556. The van der Waals surface area contributed by atoms with Crippen molar-refractivity contribution in [1.29, 1.82) is 0 Å². The smallest absolute Gasteiger partial charge is 0.303 e. The summed E-state index contributed by atoms with van der Waals surface area (Å²) in [6.07, 6.45) is 14.5. The molecule has 0 aromatic rings. The molecule has 4 nitrogen and oxygen atoms in total. The number of rotatable bonds is 10. The summed E-state index contributed by atoms with van der Waals surface area (Å²) in [5.41, 5.74) is 0. The van der Waals surface area contributed by atoms with Crippen LogP contribution in [0.3, 0.4) is 0 Å². The number of hydrogen-bond acceptors (Lipinski definition) is 3. The first-order chi connectivity index (χ1) is 10.5. The SMILES string of the molecule is CC[C@@H]1C(=O)C=C[C@@H]1/C=C/[C@H](O)C/C=C\CCCCC(=O)O. The van der Waals surface area contributed by atoms with Crippen LogP contribution in [0.2, 0.25) is 0 Å². The van der Waals surface area contributed by atoms with E-state index in [1.807, 2.05) is 31.2 Å². The Balaban J connectivity index is 2.21. The van der Waals surface area contributed by atoms with Gasteiger partial charge in [-0.3, -0.25) is 9.59 Å². The van der Waals surface area contributed by atoms with Gasteiger partial charge in [0.1, 0.15) is 0 Å². The van der Waals surface area contributed by atoms with Crippen molar-refractivity contribution in [1.82, 2.24) is 0 Å². The number of hydrogen-bond donors (Lipinski definition) is 2.